The highest BCUT2D eigenvalue weighted by Gasteiger charge is 2.54. The van der Waals surface area contributed by atoms with E-state index in [9.17, 15) is 4.79 Å². The Kier molecular flexibility index (Phi) is 7.54. The minimum absolute atomic E-state index is 0.0300. The van der Waals surface area contributed by atoms with Crippen molar-refractivity contribution in [2.75, 3.05) is 45.9 Å². The van der Waals surface area contributed by atoms with Gasteiger partial charge in [-0.25, -0.2) is 0 Å². The van der Waals surface area contributed by atoms with Crippen molar-refractivity contribution in [2.24, 2.45) is 23.2 Å². The standard InChI is InChI=1S/C22H38N2O4/c1-16-5-3-6-22(2)14-20-17(13-19(16)22)18(21(27)28-20)15-23-7-4-8-24(9-11-25)10-12-26/h17-20,23,25-26H,1,3-15H2,2H3/t17-,18-,19-,20-,22-/m1/s1. The number of carbonyl (C=O) groups excluding carboxylic acids is 1. The minimum atomic E-state index is -0.0461. The Morgan fingerprint density at radius 1 is 1.29 bits per heavy atom. The third-order valence-corrected chi connectivity index (χ3v) is 7.34. The van der Waals surface area contributed by atoms with Crippen LogP contribution in [0.5, 0.6) is 0 Å². The number of hydrogen-bond donors (Lipinski definition) is 3. The van der Waals surface area contributed by atoms with E-state index in [1.165, 1.54) is 18.4 Å². The number of rotatable bonds is 10. The molecule has 2 aliphatic carbocycles. The lowest BCUT2D eigenvalue weighted by Gasteiger charge is -2.50. The van der Waals surface area contributed by atoms with Crippen molar-refractivity contribution in [2.45, 2.75) is 51.6 Å². The van der Waals surface area contributed by atoms with Crippen LogP contribution in [-0.2, 0) is 9.53 Å². The van der Waals surface area contributed by atoms with Crippen LogP contribution in [0.3, 0.4) is 0 Å². The fraction of sp³-hybridized carbons (Fsp3) is 0.864. The van der Waals surface area contributed by atoms with E-state index < -0.39 is 0 Å². The number of esters is 1. The molecule has 3 fully saturated rings. The zero-order valence-corrected chi connectivity index (χ0v) is 17.4. The molecule has 6 nitrogen and oxygen atoms in total. The number of carbonyl (C=O) groups is 1. The fourth-order valence-corrected chi connectivity index (χ4v) is 5.79. The SMILES string of the molecule is C=C1CCC[C@]2(C)C[C@H]3OC(=O)[C@H](CNCCCN(CCO)CCO)[C@H]3C[C@H]12. The van der Waals surface area contributed by atoms with Crippen LogP contribution in [0.4, 0.5) is 0 Å². The van der Waals surface area contributed by atoms with Gasteiger partial charge < -0.3 is 20.3 Å². The monoisotopic (exact) mass is 394 g/mol. The van der Waals surface area contributed by atoms with Crippen molar-refractivity contribution >= 4 is 5.97 Å². The summed E-state index contributed by atoms with van der Waals surface area (Å²) in [6.07, 6.45) is 6.60. The van der Waals surface area contributed by atoms with Crippen LogP contribution in [0, 0.1) is 23.2 Å². The molecule has 0 bridgehead atoms. The van der Waals surface area contributed by atoms with E-state index >= 15 is 0 Å². The first-order valence-corrected chi connectivity index (χ1v) is 11.0. The van der Waals surface area contributed by atoms with Gasteiger partial charge in [-0.05, 0) is 62.9 Å². The molecule has 1 aliphatic heterocycles. The van der Waals surface area contributed by atoms with Gasteiger partial charge >= 0.3 is 5.97 Å². The molecule has 5 atom stereocenters. The molecular formula is C22H38N2O4. The molecule has 0 radical (unpaired) electrons. The number of aliphatic hydroxyl groups is 2. The molecule has 0 aromatic heterocycles. The molecule has 160 valence electrons. The van der Waals surface area contributed by atoms with E-state index in [0.717, 1.165) is 38.8 Å². The maximum Gasteiger partial charge on any atom is 0.310 e. The van der Waals surface area contributed by atoms with Crippen molar-refractivity contribution in [3.63, 3.8) is 0 Å². The second kappa shape index (κ2) is 9.70. The molecule has 2 saturated carbocycles. The van der Waals surface area contributed by atoms with Gasteiger partial charge in [-0.1, -0.05) is 19.1 Å². The Bertz CT molecular complexity index is 549. The third kappa shape index (κ3) is 4.78. The first kappa shape index (κ1) is 21.8. The molecule has 0 aromatic carbocycles. The molecule has 1 heterocycles. The van der Waals surface area contributed by atoms with Crippen molar-refractivity contribution in [1.29, 1.82) is 0 Å². The van der Waals surface area contributed by atoms with Crippen LogP contribution in [0.1, 0.15) is 45.4 Å². The van der Waals surface area contributed by atoms with Crippen LogP contribution in [0.25, 0.3) is 0 Å². The quantitative estimate of drug-likeness (QED) is 0.296. The van der Waals surface area contributed by atoms with Crippen LogP contribution in [0.15, 0.2) is 12.2 Å². The van der Waals surface area contributed by atoms with Gasteiger partial charge in [-0.2, -0.15) is 0 Å². The zero-order chi connectivity index (χ0) is 20.1. The molecule has 28 heavy (non-hydrogen) atoms. The molecule has 3 N–H and O–H groups in total. The fourth-order valence-electron chi connectivity index (χ4n) is 5.79. The maximum absolute atomic E-state index is 12.5. The maximum atomic E-state index is 12.5. The summed E-state index contributed by atoms with van der Waals surface area (Å²) < 4.78 is 5.81. The predicted octanol–water partition coefficient (Wildman–Crippen LogP) is 1.57. The highest BCUT2D eigenvalue weighted by atomic mass is 16.6. The third-order valence-electron chi connectivity index (χ3n) is 7.34. The Morgan fingerprint density at radius 3 is 2.75 bits per heavy atom. The molecule has 3 aliphatic rings. The Balaban J connectivity index is 1.47. The second-order valence-electron chi connectivity index (χ2n) is 9.25. The summed E-state index contributed by atoms with van der Waals surface area (Å²) >= 11 is 0. The number of hydrogen-bond acceptors (Lipinski definition) is 6. The van der Waals surface area contributed by atoms with Crippen molar-refractivity contribution in [3.05, 3.63) is 12.2 Å². The Labute approximate surface area is 169 Å². The molecule has 0 aromatic rings. The highest BCUT2D eigenvalue weighted by molar-refractivity contribution is 5.75. The molecule has 6 heteroatoms. The largest absolute Gasteiger partial charge is 0.462 e. The number of nitrogens with one attached hydrogen (secondary N) is 1. The summed E-state index contributed by atoms with van der Waals surface area (Å²) in [4.78, 5) is 14.6. The lowest BCUT2D eigenvalue weighted by molar-refractivity contribution is -0.146. The lowest BCUT2D eigenvalue weighted by Crippen LogP contribution is -2.45. The molecule has 0 unspecified atom stereocenters. The van der Waals surface area contributed by atoms with E-state index in [-0.39, 0.29) is 36.6 Å². The summed E-state index contributed by atoms with van der Waals surface area (Å²) in [7, 11) is 0. The molecule has 1 saturated heterocycles. The van der Waals surface area contributed by atoms with Gasteiger partial charge in [0, 0.05) is 25.6 Å². The number of nitrogens with zero attached hydrogens (tertiary/aromatic N) is 1. The summed E-state index contributed by atoms with van der Waals surface area (Å²) in [5.74, 6) is 0.769. The number of aliphatic hydroxyl groups excluding tert-OH is 2. The van der Waals surface area contributed by atoms with Gasteiger partial charge in [0.25, 0.3) is 0 Å². The van der Waals surface area contributed by atoms with Crippen molar-refractivity contribution in [3.8, 4) is 0 Å². The van der Waals surface area contributed by atoms with Gasteiger partial charge in [0.2, 0.25) is 0 Å². The number of ether oxygens (including phenoxy) is 1. The number of fused-ring (bicyclic) bond motifs is 2. The van der Waals surface area contributed by atoms with Gasteiger partial charge in [-0.15, -0.1) is 0 Å². The predicted molar refractivity (Wildman–Crippen MR) is 109 cm³/mol. The molecule has 0 amide bonds. The molecule has 3 rings (SSSR count). The minimum Gasteiger partial charge on any atom is -0.462 e. The van der Waals surface area contributed by atoms with E-state index in [4.69, 9.17) is 14.9 Å². The smallest absolute Gasteiger partial charge is 0.310 e. The number of allylic oxidation sites excluding steroid dienone is 1. The topological polar surface area (TPSA) is 82.0 Å². The summed E-state index contributed by atoms with van der Waals surface area (Å²) in [5.41, 5.74) is 1.63. The average Bonchev–Trinajstić information content (AvgIpc) is 2.94. The van der Waals surface area contributed by atoms with Crippen LogP contribution in [0.2, 0.25) is 0 Å². The van der Waals surface area contributed by atoms with Gasteiger partial charge in [0.1, 0.15) is 6.10 Å². The average molecular weight is 395 g/mol. The summed E-state index contributed by atoms with van der Waals surface area (Å²) in [5, 5.41) is 21.6. The zero-order valence-electron chi connectivity index (χ0n) is 17.4. The van der Waals surface area contributed by atoms with E-state index in [0.29, 0.717) is 31.5 Å². The van der Waals surface area contributed by atoms with Gasteiger partial charge in [0.15, 0.2) is 0 Å². The van der Waals surface area contributed by atoms with Gasteiger partial charge in [0.05, 0.1) is 19.1 Å². The highest BCUT2D eigenvalue weighted by Crippen LogP contribution is 2.56. The first-order chi connectivity index (χ1) is 13.5. The summed E-state index contributed by atoms with van der Waals surface area (Å²) in [6.45, 7) is 10.4. The normalized spacial score (nSPS) is 35.0. The van der Waals surface area contributed by atoms with Crippen LogP contribution < -0.4 is 5.32 Å². The lowest BCUT2D eigenvalue weighted by atomic mass is 9.55. The molecular weight excluding hydrogens is 356 g/mol. The van der Waals surface area contributed by atoms with Gasteiger partial charge in [-0.3, -0.25) is 9.69 Å². The second-order valence-corrected chi connectivity index (χ2v) is 9.25. The summed E-state index contributed by atoms with van der Waals surface area (Å²) in [6, 6.07) is 0. The first-order valence-electron chi connectivity index (χ1n) is 11.0. The van der Waals surface area contributed by atoms with Crippen LogP contribution >= 0.6 is 0 Å². The Morgan fingerprint density at radius 2 is 2.04 bits per heavy atom. The molecule has 0 spiro atoms. The van der Waals surface area contributed by atoms with E-state index in [2.05, 4.69) is 23.7 Å². The van der Waals surface area contributed by atoms with Crippen molar-refractivity contribution in [1.82, 2.24) is 10.2 Å². The van der Waals surface area contributed by atoms with Crippen molar-refractivity contribution < 1.29 is 19.7 Å². The Hall–Kier alpha value is -0.950. The van der Waals surface area contributed by atoms with Crippen LogP contribution in [-0.4, -0.2) is 73.1 Å². The van der Waals surface area contributed by atoms with E-state index in [1.807, 2.05) is 0 Å². The van der Waals surface area contributed by atoms with E-state index in [1.54, 1.807) is 0 Å².